The second-order valence-corrected chi connectivity index (χ2v) is 9.09. The summed E-state index contributed by atoms with van der Waals surface area (Å²) in [6.07, 6.45) is 5.49. The molecule has 168 valence electrons. The predicted molar refractivity (Wildman–Crippen MR) is 131 cm³/mol. The number of benzene rings is 2. The number of nitrogens with one attached hydrogen (secondary N) is 2. The lowest BCUT2D eigenvalue weighted by Crippen LogP contribution is -2.37. The fourth-order valence-corrected chi connectivity index (χ4v) is 4.67. The van der Waals surface area contributed by atoms with E-state index in [1.807, 2.05) is 44.2 Å². The maximum atomic E-state index is 13.0. The minimum Gasteiger partial charge on any atom is -0.362 e. The van der Waals surface area contributed by atoms with Crippen LogP contribution in [-0.2, 0) is 4.79 Å². The van der Waals surface area contributed by atoms with Crippen molar-refractivity contribution in [3.8, 4) is 0 Å². The Bertz CT molecular complexity index is 1080. The van der Waals surface area contributed by atoms with E-state index in [2.05, 4.69) is 57.9 Å². The van der Waals surface area contributed by atoms with E-state index in [-0.39, 0.29) is 17.9 Å². The highest BCUT2D eigenvalue weighted by atomic mass is 16.1. The van der Waals surface area contributed by atoms with E-state index >= 15 is 0 Å². The monoisotopic (exact) mass is 431 g/mol. The molecule has 0 radical (unpaired) electrons. The van der Waals surface area contributed by atoms with Crippen LogP contribution in [0.25, 0.3) is 10.8 Å². The van der Waals surface area contributed by atoms with Crippen LogP contribution in [-0.4, -0.2) is 36.0 Å². The first-order valence-corrected chi connectivity index (χ1v) is 11.5. The highest BCUT2D eigenvalue weighted by molar-refractivity contribution is 5.87. The van der Waals surface area contributed by atoms with Crippen LogP contribution < -0.4 is 15.5 Å². The zero-order valence-corrected chi connectivity index (χ0v) is 19.4. The lowest BCUT2D eigenvalue weighted by Gasteiger charge is -2.29. The average molecular weight is 432 g/mol. The molecule has 0 aliphatic heterocycles. The molecule has 0 bridgehead atoms. The van der Waals surface area contributed by atoms with E-state index in [0.717, 1.165) is 37.1 Å². The van der Waals surface area contributed by atoms with Crippen LogP contribution in [0.15, 0.2) is 48.7 Å². The number of aromatic nitrogens is 2. The standard InChI is InChI=1S/C26H33N5O/c1-17-16-27-26(30-24(17)31(3)4)29-21-14-12-20(13-15-21)25(32)28-18(2)22-11-7-9-19-8-5-6-10-23(19)22/h5-11,16,18,20-21H,12-15H2,1-4H3,(H,28,32)(H,27,29,30). The third-order valence-corrected chi connectivity index (χ3v) is 6.45. The van der Waals surface area contributed by atoms with Crippen LogP contribution in [0.4, 0.5) is 11.8 Å². The van der Waals surface area contributed by atoms with Crippen molar-refractivity contribution in [2.24, 2.45) is 5.92 Å². The van der Waals surface area contributed by atoms with E-state index in [1.165, 1.54) is 16.3 Å². The molecule has 1 atom stereocenters. The number of hydrogen-bond acceptors (Lipinski definition) is 5. The van der Waals surface area contributed by atoms with Crippen molar-refractivity contribution < 1.29 is 4.79 Å². The Hall–Kier alpha value is -3.15. The van der Waals surface area contributed by atoms with Crippen LogP contribution in [0.2, 0.25) is 0 Å². The topological polar surface area (TPSA) is 70.1 Å². The van der Waals surface area contributed by atoms with E-state index in [9.17, 15) is 4.79 Å². The smallest absolute Gasteiger partial charge is 0.224 e. The Morgan fingerprint density at radius 2 is 1.78 bits per heavy atom. The molecule has 6 nitrogen and oxygen atoms in total. The first-order chi connectivity index (χ1) is 15.4. The van der Waals surface area contributed by atoms with Crippen molar-refractivity contribution in [3.63, 3.8) is 0 Å². The molecular weight excluding hydrogens is 398 g/mol. The van der Waals surface area contributed by atoms with Gasteiger partial charge in [0.15, 0.2) is 0 Å². The summed E-state index contributed by atoms with van der Waals surface area (Å²) in [4.78, 5) is 24.1. The number of nitrogens with zero attached hydrogens (tertiary/aromatic N) is 3. The molecule has 1 amide bonds. The number of anilines is 2. The molecule has 0 saturated heterocycles. The van der Waals surface area contributed by atoms with Gasteiger partial charge in [0, 0.05) is 37.8 Å². The first-order valence-electron chi connectivity index (χ1n) is 11.5. The number of rotatable bonds is 6. The van der Waals surface area contributed by atoms with Gasteiger partial charge in [-0.05, 0) is 55.9 Å². The largest absolute Gasteiger partial charge is 0.362 e. The maximum Gasteiger partial charge on any atom is 0.224 e. The fraction of sp³-hybridized carbons (Fsp3) is 0.423. The van der Waals surface area contributed by atoms with E-state index in [0.29, 0.717) is 12.0 Å². The Kier molecular flexibility index (Phi) is 6.58. The van der Waals surface area contributed by atoms with Crippen molar-refractivity contribution in [2.75, 3.05) is 24.3 Å². The highest BCUT2D eigenvalue weighted by Gasteiger charge is 2.28. The van der Waals surface area contributed by atoms with Gasteiger partial charge in [0.1, 0.15) is 5.82 Å². The molecule has 0 spiro atoms. The van der Waals surface area contributed by atoms with Crippen molar-refractivity contribution in [2.45, 2.75) is 51.6 Å². The molecule has 1 aliphatic rings. The first kappa shape index (κ1) is 22.1. The van der Waals surface area contributed by atoms with Crippen LogP contribution in [0, 0.1) is 12.8 Å². The van der Waals surface area contributed by atoms with Crippen LogP contribution in [0.1, 0.15) is 49.8 Å². The van der Waals surface area contributed by atoms with Gasteiger partial charge >= 0.3 is 0 Å². The number of carbonyl (C=O) groups is 1. The Balaban J connectivity index is 1.33. The number of hydrogen-bond donors (Lipinski definition) is 2. The van der Waals surface area contributed by atoms with Gasteiger partial charge in [-0.15, -0.1) is 0 Å². The summed E-state index contributed by atoms with van der Waals surface area (Å²) >= 11 is 0. The summed E-state index contributed by atoms with van der Waals surface area (Å²) < 4.78 is 0. The predicted octanol–water partition coefficient (Wildman–Crippen LogP) is 4.85. The summed E-state index contributed by atoms with van der Waals surface area (Å²) in [5.41, 5.74) is 2.22. The Morgan fingerprint density at radius 3 is 2.53 bits per heavy atom. The normalized spacial score (nSPS) is 19.4. The molecular formula is C26H33N5O. The van der Waals surface area contributed by atoms with Gasteiger partial charge in [0.05, 0.1) is 6.04 Å². The molecule has 1 aromatic heterocycles. The molecule has 1 heterocycles. The Labute approximate surface area is 190 Å². The molecule has 6 heteroatoms. The minimum atomic E-state index is -0.0186. The van der Waals surface area contributed by atoms with Crippen LogP contribution >= 0.6 is 0 Å². The molecule has 32 heavy (non-hydrogen) atoms. The molecule has 2 aromatic carbocycles. The van der Waals surface area contributed by atoms with Crippen LogP contribution in [0.5, 0.6) is 0 Å². The SMILES string of the molecule is Cc1cnc(NC2CCC(C(=O)NC(C)c3cccc4ccccc34)CC2)nc1N(C)C. The second-order valence-electron chi connectivity index (χ2n) is 9.09. The van der Waals surface area contributed by atoms with Gasteiger partial charge < -0.3 is 15.5 Å². The van der Waals surface area contributed by atoms with Gasteiger partial charge in [-0.3, -0.25) is 4.79 Å². The maximum absolute atomic E-state index is 13.0. The molecule has 1 aliphatic carbocycles. The molecule has 1 unspecified atom stereocenters. The molecule has 3 aromatic rings. The fourth-order valence-electron chi connectivity index (χ4n) is 4.67. The van der Waals surface area contributed by atoms with Crippen molar-refractivity contribution >= 4 is 28.4 Å². The number of carbonyl (C=O) groups excluding carboxylic acids is 1. The van der Waals surface area contributed by atoms with Gasteiger partial charge in [0.2, 0.25) is 11.9 Å². The lowest BCUT2D eigenvalue weighted by molar-refractivity contribution is -0.126. The number of aryl methyl sites for hydroxylation is 1. The van der Waals surface area contributed by atoms with E-state index in [1.54, 1.807) is 0 Å². The Morgan fingerprint density at radius 1 is 1.06 bits per heavy atom. The number of fused-ring (bicyclic) bond motifs is 1. The van der Waals surface area contributed by atoms with Gasteiger partial charge in [-0.2, -0.15) is 4.98 Å². The summed E-state index contributed by atoms with van der Waals surface area (Å²) in [5, 5.41) is 9.13. The van der Waals surface area contributed by atoms with E-state index in [4.69, 9.17) is 0 Å². The third kappa shape index (κ3) is 4.85. The van der Waals surface area contributed by atoms with Gasteiger partial charge in [0.25, 0.3) is 0 Å². The van der Waals surface area contributed by atoms with Crippen molar-refractivity contribution in [1.82, 2.24) is 15.3 Å². The third-order valence-electron chi connectivity index (χ3n) is 6.45. The quantitative estimate of drug-likeness (QED) is 0.584. The van der Waals surface area contributed by atoms with Crippen molar-refractivity contribution in [1.29, 1.82) is 0 Å². The zero-order valence-electron chi connectivity index (χ0n) is 19.4. The van der Waals surface area contributed by atoms with Gasteiger partial charge in [-0.1, -0.05) is 42.5 Å². The van der Waals surface area contributed by atoms with Gasteiger partial charge in [-0.25, -0.2) is 4.98 Å². The van der Waals surface area contributed by atoms with Crippen LogP contribution in [0.3, 0.4) is 0 Å². The summed E-state index contributed by atoms with van der Waals surface area (Å²) in [6, 6.07) is 14.9. The second kappa shape index (κ2) is 9.55. The average Bonchev–Trinajstić information content (AvgIpc) is 2.80. The minimum absolute atomic E-state index is 0.0186. The number of amides is 1. The molecule has 2 N–H and O–H groups in total. The molecule has 1 saturated carbocycles. The molecule has 4 rings (SSSR count). The lowest BCUT2D eigenvalue weighted by atomic mass is 9.85. The summed E-state index contributed by atoms with van der Waals surface area (Å²) in [6.45, 7) is 4.09. The summed E-state index contributed by atoms with van der Waals surface area (Å²) in [7, 11) is 3.98. The summed E-state index contributed by atoms with van der Waals surface area (Å²) in [5.74, 6) is 1.81. The van der Waals surface area contributed by atoms with E-state index < -0.39 is 0 Å². The van der Waals surface area contributed by atoms with Crippen molar-refractivity contribution in [3.05, 3.63) is 59.8 Å². The molecule has 1 fully saturated rings. The zero-order chi connectivity index (χ0) is 22.7. The highest BCUT2D eigenvalue weighted by Crippen LogP contribution is 2.29.